The van der Waals surface area contributed by atoms with Crippen molar-refractivity contribution >= 4 is 8.41 Å². The molecule has 0 spiro atoms. The fourth-order valence-electron chi connectivity index (χ4n) is 1.06. The zero-order valence-corrected chi connectivity index (χ0v) is 7.82. The molecule has 1 atom stereocenters. The van der Waals surface area contributed by atoms with Crippen LogP contribution in [0.1, 0.15) is 13.3 Å². The third-order valence-electron chi connectivity index (χ3n) is 1.27. The number of hydrogen-bond donors (Lipinski definition) is 0. The highest BCUT2D eigenvalue weighted by molar-refractivity contribution is 6.70. The van der Waals surface area contributed by atoms with Crippen molar-refractivity contribution in [2.45, 2.75) is 32.5 Å². The molecule has 0 amide bonds. The second-order valence-electron chi connectivity index (χ2n) is 3.39. The molecule has 0 saturated carbocycles. The molecule has 0 N–H and O–H groups in total. The molecule has 0 aliphatic heterocycles. The molecule has 10 heavy (non-hydrogen) atoms. The first kappa shape index (κ1) is 9.64. The molecule has 0 aromatic heterocycles. The van der Waals surface area contributed by atoms with Crippen LogP contribution in [0.2, 0.25) is 19.1 Å². The molecule has 0 heterocycles. The zero-order chi connectivity index (χ0) is 8.20. The summed E-state index contributed by atoms with van der Waals surface area (Å²) in [4.78, 5) is 0. The molecule has 1 nitrogen and oxygen atoms in total. The van der Waals surface area contributed by atoms with Crippen molar-refractivity contribution in [3.63, 3.8) is 0 Å². The van der Waals surface area contributed by atoms with Gasteiger partial charge < -0.3 is 4.11 Å². The van der Waals surface area contributed by atoms with Crippen LogP contribution in [-0.2, 0) is 0 Å². The maximum absolute atomic E-state index is 13.0. The lowest BCUT2D eigenvalue weighted by Gasteiger charge is -2.14. The van der Waals surface area contributed by atoms with Crippen LogP contribution < -0.4 is 0 Å². The summed E-state index contributed by atoms with van der Waals surface area (Å²) in [6.07, 6.45) is 0.486. The summed E-state index contributed by atoms with van der Waals surface area (Å²) >= 11 is 0. The van der Waals surface area contributed by atoms with E-state index in [-0.39, 0.29) is 5.92 Å². The smallest absolute Gasteiger partial charge is 0.241 e. The molecule has 0 aliphatic carbocycles. The number of nitrogens with zero attached hydrogens (tertiary/aromatic N) is 1. The fraction of sp³-hybridized carbons (Fsp3) is 0.857. The first-order valence-corrected chi connectivity index (χ1v) is 6.60. The van der Waals surface area contributed by atoms with Gasteiger partial charge in [-0.25, -0.2) is 0 Å². The molecule has 0 fully saturated rings. The fourth-order valence-corrected chi connectivity index (χ4v) is 2.86. The van der Waals surface area contributed by atoms with E-state index in [9.17, 15) is 4.11 Å². The van der Waals surface area contributed by atoms with E-state index >= 15 is 0 Å². The second-order valence-corrected chi connectivity index (χ2v) is 7.24. The predicted molar refractivity (Wildman–Crippen MR) is 42.8 cm³/mol. The molecule has 3 heteroatoms. The topological polar surface area (TPSA) is 23.8 Å². The van der Waals surface area contributed by atoms with Gasteiger partial charge in [0.1, 0.15) is 0 Å². The molecule has 0 bridgehead atoms. The first-order valence-electron chi connectivity index (χ1n) is 3.51. The van der Waals surface area contributed by atoms with Gasteiger partial charge in [0.25, 0.3) is 0 Å². The molecule has 0 saturated heterocycles. The minimum absolute atomic E-state index is 0.233. The standard InChI is InChI=1S/C7H14FNSi/c1-7(4-5-9)6-10(2,3)8/h7H,4,6H2,1-3H3. The maximum Gasteiger partial charge on any atom is 0.241 e. The SMILES string of the molecule is CC(CC#N)C[Si](C)(C)F. The Hall–Kier alpha value is -0.363. The summed E-state index contributed by atoms with van der Waals surface area (Å²) in [5, 5.41) is 8.28. The van der Waals surface area contributed by atoms with Gasteiger partial charge in [0.2, 0.25) is 8.41 Å². The van der Waals surface area contributed by atoms with E-state index in [0.29, 0.717) is 12.5 Å². The van der Waals surface area contributed by atoms with Gasteiger partial charge in [-0.15, -0.1) is 0 Å². The highest BCUT2D eigenvalue weighted by Crippen LogP contribution is 2.19. The third-order valence-corrected chi connectivity index (χ3v) is 2.94. The summed E-state index contributed by atoms with van der Waals surface area (Å²) in [5.74, 6) is 0.233. The Labute approximate surface area is 63.0 Å². The molecule has 58 valence electrons. The Balaban J connectivity index is 3.60. The van der Waals surface area contributed by atoms with E-state index in [1.54, 1.807) is 13.1 Å². The quantitative estimate of drug-likeness (QED) is 0.459. The Morgan fingerprint density at radius 3 is 2.40 bits per heavy atom. The van der Waals surface area contributed by atoms with Crippen molar-refractivity contribution in [3.8, 4) is 6.07 Å². The average Bonchev–Trinajstić information content (AvgIpc) is 1.59. The van der Waals surface area contributed by atoms with E-state index in [2.05, 4.69) is 0 Å². The average molecular weight is 159 g/mol. The number of hydrogen-bond acceptors (Lipinski definition) is 1. The summed E-state index contributed by atoms with van der Waals surface area (Å²) in [7, 11) is -2.41. The minimum atomic E-state index is -2.41. The monoisotopic (exact) mass is 159 g/mol. The van der Waals surface area contributed by atoms with Gasteiger partial charge in [-0.2, -0.15) is 5.26 Å². The van der Waals surface area contributed by atoms with Gasteiger partial charge in [0.15, 0.2) is 0 Å². The van der Waals surface area contributed by atoms with Crippen molar-refractivity contribution in [3.05, 3.63) is 0 Å². The lowest BCUT2D eigenvalue weighted by atomic mass is 10.2. The molecule has 0 aliphatic rings. The number of halogens is 1. The Kier molecular flexibility index (Phi) is 3.58. The van der Waals surface area contributed by atoms with E-state index in [1.165, 1.54) is 0 Å². The molecule has 1 unspecified atom stereocenters. The Morgan fingerprint density at radius 1 is 1.60 bits per heavy atom. The molecular formula is C7H14FNSi. The van der Waals surface area contributed by atoms with Crippen molar-refractivity contribution in [2.75, 3.05) is 0 Å². The van der Waals surface area contributed by atoms with Crippen LogP contribution in [0.15, 0.2) is 0 Å². The van der Waals surface area contributed by atoms with Crippen molar-refractivity contribution in [2.24, 2.45) is 5.92 Å². The summed E-state index contributed by atoms with van der Waals surface area (Å²) in [6.45, 7) is 5.29. The van der Waals surface area contributed by atoms with Crippen LogP contribution in [0.3, 0.4) is 0 Å². The molecule has 0 aromatic rings. The second kappa shape index (κ2) is 3.72. The van der Waals surface area contributed by atoms with Crippen LogP contribution >= 0.6 is 0 Å². The highest BCUT2D eigenvalue weighted by atomic mass is 28.4. The summed E-state index contributed by atoms with van der Waals surface area (Å²) in [6, 6.07) is 2.66. The number of nitriles is 1. The molecular weight excluding hydrogens is 145 g/mol. The van der Waals surface area contributed by atoms with Gasteiger partial charge in [0.05, 0.1) is 6.07 Å². The first-order chi connectivity index (χ1) is 4.45. The third kappa shape index (κ3) is 5.77. The number of rotatable bonds is 3. The van der Waals surface area contributed by atoms with Crippen molar-refractivity contribution < 1.29 is 4.11 Å². The Bertz CT molecular complexity index is 134. The molecule has 0 radical (unpaired) electrons. The lowest BCUT2D eigenvalue weighted by Crippen LogP contribution is -2.20. The summed E-state index contributed by atoms with van der Waals surface area (Å²) in [5.41, 5.74) is 0. The van der Waals surface area contributed by atoms with Gasteiger partial charge in [-0.05, 0) is 25.1 Å². The Morgan fingerprint density at radius 2 is 2.10 bits per heavy atom. The van der Waals surface area contributed by atoms with Gasteiger partial charge in [-0.1, -0.05) is 6.92 Å². The predicted octanol–water partition coefficient (Wildman–Crippen LogP) is 2.71. The van der Waals surface area contributed by atoms with E-state index < -0.39 is 8.41 Å². The summed E-state index contributed by atoms with van der Waals surface area (Å²) < 4.78 is 13.0. The van der Waals surface area contributed by atoms with Crippen LogP contribution in [-0.4, -0.2) is 8.41 Å². The zero-order valence-electron chi connectivity index (χ0n) is 6.82. The van der Waals surface area contributed by atoms with Crippen molar-refractivity contribution in [1.29, 1.82) is 5.26 Å². The molecule has 0 aromatic carbocycles. The maximum atomic E-state index is 13.0. The largest absolute Gasteiger partial charge is 0.314 e. The van der Waals surface area contributed by atoms with Crippen LogP contribution in [0.4, 0.5) is 4.11 Å². The van der Waals surface area contributed by atoms with Crippen molar-refractivity contribution in [1.82, 2.24) is 0 Å². The highest BCUT2D eigenvalue weighted by Gasteiger charge is 2.22. The normalized spacial score (nSPS) is 14.3. The minimum Gasteiger partial charge on any atom is -0.314 e. The lowest BCUT2D eigenvalue weighted by molar-refractivity contribution is 0.625. The van der Waals surface area contributed by atoms with Gasteiger partial charge in [0, 0.05) is 6.42 Å². The van der Waals surface area contributed by atoms with Crippen LogP contribution in [0, 0.1) is 17.2 Å². The van der Waals surface area contributed by atoms with E-state index in [1.807, 2.05) is 13.0 Å². The van der Waals surface area contributed by atoms with Crippen LogP contribution in [0.25, 0.3) is 0 Å². The van der Waals surface area contributed by atoms with Crippen LogP contribution in [0.5, 0.6) is 0 Å². The van der Waals surface area contributed by atoms with Gasteiger partial charge in [-0.3, -0.25) is 0 Å². The van der Waals surface area contributed by atoms with Gasteiger partial charge >= 0.3 is 0 Å². The van der Waals surface area contributed by atoms with E-state index in [4.69, 9.17) is 5.26 Å². The molecule has 0 rings (SSSR count). The van der Waals surface area contributed by atoms with E-state index in [0.717, 1.165) is 0 Å².